The molecule has 2 aromatic carbocycles. The summed E-state index contributed by atoms with van der Waals surface area (Å²) in [6.45, 7) is 4.31. The molecule has 4 rings (SSSR count). The molecule has 6 heteroatoms. The molecule has 0 radical (unpaired) electrons. The van der Waals surface area contributed by atoms with Crippen LogP contribution >= 0.6 is 0 Å². The summed E-state index contributed by atoms with van der Waals surface area (Å²) in [6.07, 6.45) is 4.10. The van der Waals surface area contributed by atoms with Gasteiger partial charge in [-0.3, -0.25) is 4.79 Å². The Balaban J connectivity index is 1.64. The maximum atomic E-state index is 12.6. The van der Waals surface area contributed by atoms with Crippen LogP contribution < -0.4 is 5.32 Å². The molecule has 0 atom stereocenters. The lowest BCUT2D eigenvalue weighted by atomic mass is 9.99. The number of fused-ring (bicyclic) bond motifs is 1. The first-order valence-electron chi connectivity index (χ1n) is 10.3. The molecule has 6 nitrogen and oxygen atoms in total. The Morgan fingerprint density at radius 2 is 1.77 bits per heavy atom. The Labute approximate surface area is 175 Å². The standard InChI is InChI=1S/C24H25N3O3/c1-2-25-22-15-20(24(29)30)14-19-13-18(9-10-21(19)26-22)16-5-7-17(8-6-16)23(28)27-11-3-4-12-27/h5-10,13-14H,2-4,11-12,15H2,1H3,(H,25,26)(H,29,30). The van der Waals surface area contributed by atoms with Crippen LogP contribution in [0.4, 0.5) is 5.69 Å². The highest BCUT2D eigenvalue weighted by Gasteiger charge is 2.20. The predicted octanol–water partition coefficient (Wildman–Crippen LogP) is 4.10. The van der Waals surface area contributed by atoms with Gasteiger partial charge in [0.2, 0.25) is 0 Å². The number of carbonyl (C=O) groups excluding carboxylic acids is 1. The van der Waals surface area contributed by atoms with Crippen LogP contribution in [0.25, 0.3) is 17.2 Å². The molecular formula is C24H25N3O3. The van der Waals surface area contributed by atoms with E-state index >= 15 is 0 Å². The van der Waals surface area contributed by atoms with Gasteiger partial charge in [-0.25, -0.2) is 9.79 Å². The molecule has 0 aliphatic carbocycles. The van der Waals surface area contributed by atoms with Crippen LogP contribution in [-0.2, 0) is 4.79 Å². The molecule has 2 aliphatic heterocycles. The first-order chi connectivity index (χ1) is 14.5. The van der Waals surface area contributed by atoms with Crippen molar-refractivity contribution < 1.29 is 14.7 Å². The highest BCUT2D eigenvalue weighted by molar-refractivity contribution is 6.03. The van der Waals surface area contributed by atoms with E-state index in [0.717, 1.165) is 48.3 Å². The van der Waals surface area contributed by atoms with Crippen molar-refractivity contribution in [3.05, 3.63) is 59.2 Å². The topological polar surface area (TPSA) is 82.0 Å². The number of hydrogen-bond donors (Lipinski definition) is 2. The van der Waals surface area contributed by atoms with Gasteiger partial charge in [0.1, 0.15) is 5.84 Å². The van der Waals surface area contributed by atoms with Crippen LogP contribution in [0, 0.1) is 0 Å². The molecule has 1 fully saturated rings. The number of amidine groups is 1. The maximum absolute atomic E-state index is 12.6. The van der Waals surface area contributed by atoms with Crippen molar-refractivity contribution >= 4 is 29.5 Å². The van der Waals surface area contributed by atoms with Gasteiger partial charge in [0, 0.05) is 42.8 Å². The van der Waals surface area contributed by atoms with Crippen LogP contribution in [0.2, 0.25) is 0 Å². The highest BCUT2D eigenvalue weighted by atomic mass is 16.4. The van der Waals surface area contributed by atoms with Crippen molar-refractivity contribution in [2.24, 2.45) is 4.99 Å². The highest BCUT2D eigenvalue weighted by Crippen LogP contribution is 2.31. The average molecular weight is 403 g/mol. The number of carboxylic acid groups (broad SMARTS) is 1. The number of nitrogens with one attached hydrogen (secondary N) is 1. The first kappa shape index (κ1) is 19.9. The van der Waals surface area contributed by atoms with E-state index in [1.165, 1.54) is 0 Å². The molecule has 154 valence electrons. The second kappa shape index (κ2) is 8.53. The minimum atomic E-state index is -0.941. The Morgan fingerprint density at radius 3 is 2.43 bits per heavy atom. The van der Waals surface area contributed by atoms with Gasteiger partial charge in [-0.1, -0.05) is 18.2 Å². The molecule has 2 aromatic rings. The fourth-order valence-corrected chi connectivity index (χ4v) is 3.91. The summed E-state index contributed by atoms with van der Waals surface area (Å²) < 4.78 is 0. The second-order valence-electron chi connectivity index (χ2n) is 7.59. The number of benzene rings is 2. The summed E-state index contributed by atoms with van der Waals surface area (Å²) in [6, 6.07) is 13.4. The summed E-state index contributed by atoms with van der Waals surface area (Å²) in [5.74, 6) is -0.202. The molecule has 2 heterocycles. The lowest BCUT2D eigenvalue weighted by molar-refractivity contribution is -0.132. The van der Waals surface area contributed by atoms with Crippen molar-refractivity contribution in [2.45, 2.75) is 26.2 Å². The van der Waals surface area contributed by atoms with E-state index in [1.54, 1.807) is 6.08 Å². The number of hydrogen-bond acceptors (Lipinski definition) is 4. The van der Waals surface area contributed by atoms with Crippen LogP contribution in [0.5, 0.6) is 0 Å². The SMILES string of the molecule is CCNC1=Nc2ccc(-c3ccc(C(=O)N4CCCC4)cc3)cc2C=C(C(=O)O)C1. The van der Waals surface area contributed by atoms with Crippen LogP contribution in [0.1, 0.15) is 42.1 Å². The predicted molar refractivity (Wildman–Crippen MR) is 118 cm³/mol. The van der Waals surface area contributed by atoms with E-state index in [-0.39, 0.29) is 12.3 Å². The molecule has 0 bridgehead atoms. The van der Waals surface area contributed by atoms with E-state index in [1.807, 2.05) is 54.3 Å². The quantitative estimate of drug-likeness (QED) is 0.805. The Hall–Kier alpha value is -3.41. The lowest BCUT2D eigenvalue weighted by Crippen LogP contribution is -2.27. The number of nitrogens with zero attached hydrogens (tertiary/aromatic N) is 2. The number of carboxylic acids is 1. The van der Waals surface area contributed by atoms with Crippen LogP contribution in [0.3, 0.4) is 0 Å². The number of rotatable bonds is 4. The molecule has 2 aliphatic rings. The van der Waals surface area contributed by atoms with E-state index in [9.17, 15) is 14.7 Å². The zero-order valence-corrected chi connectivity index (χ0v) is 17.0. The molecule has 0 aromatic heterocycles. The Kier molecular flexibility index (Phi) is 5.65. The third-order valence-corrected chi connectivity index (χ3v) is 5.48. The van der Waals surface area contributed by atoms with Gasteiger partial charge in [-0.2, -0.15) is 0 Å². The Bertz CT molecular complexity index is 1030. The molecule has 30 heavy (non-hydrogen) atoms. The molecular weight excluding hydrogens is 378 g/mol. The second-order valence-corrected chi connectivity index (χ2v) is 7.59. The lowest BCUT2D eigenvalue weighted by Gasteiger charge is -2.15. The monoisotopic (exact) mass is 403 g/mol. The summed E-state index contributed by atoms with van der Waals surface area (Å²) in [4.78, 5) is 30.7. The van der Waals surface area contributed by atoms with Gasteiger partial charge in [0.25, 0.3) is 5.91 Å². The average Bonchev–Trinajstić information content (AvgIpc) is 3.22. The van der Waals surface area contributed by atoms with Crippen molar-refractivity contribution in [3.63, 3.8) is 0 Å². The molecule has 0 unspecified atom stereocenters. The van der Waals surface area contributed by atoms with E-state index in [4.69, 9.17) is 0 Å². The van der Waals surface area contributed by atoms with Crippen molar-refractivity contribution in [3.8, 4) is 11.1 Å². The zero-order valence-electron chi connectivity index (χ0n) is 17.0. The van der Waals surface area contributed by atoms with Crippen molar-refractivity contribution in [1.82, 2.24) is 10.2 Å². The molecule has 0 spiro atoms. The minimum Gasteiger partial charge on any atom is -0.478 e. The fourth-order valence-electron chi connectivity index (χ4n) is 3.91. The smallest absolute Gasteiger partial charge is 0.332 e. The third kappa shape index (κ3) is 4.13. The maximum Gasteiger partial charge on any atom is 0.332 e. The van der Waals surface area contributed by atoms with Gasteiger partial charge < -0.3 is 15.3 Å². The van der Waals surface area contributed by atoms with Gasteiger partial charge >= 0.3 is 5.97 Å². The molecule has 2 N–H and O–H groups in total. The van der Waals surface area contributed by atoms with Crippen molar-refractivity contribution in [2.75, 3.05) is 19.6 Å². The molecule has 0 saturated carbocycles. The van der Waals surface area contributed by atoms with Gasteiger partial charge in [0.15, 0.2) is 0 Å². The number of carbonyl (C=O) groups is 2. The van der Waals surface area contributed by atoms with Gasteiger partial charge in [-0.05, 0) is 61.2 Å². The van der Waals surface area contributed by atoms with Gasteiger partial charge in [0.05, 0.1) is 5.69 Å². The number of aliphatic carboxylic acids is 1. The summed E-state index contributed by atoms with van der Waals surface area (Å²) in [5, 5.41) is 12.7. The number of amides is 1. The Morgan fingerprint density at radius 1 is 1.07 bits per heavy atom. The van der Waals surface area contributed by atoms with Crippen LogP contribution in [-0.4, -0.2) is 47.4 Å². The number of aliphatic imine (C=N–C) groups is 1. The summed E-state index contributed by atoms with van der Waals surface area (Å²) in [5.41, 5.74) is 4.44. The van der Waals surface area contributed by atoms with Crippen LogP contribution in [0.15, 0.2) is 53.0 Å². The largest absolute Gasteiger partial charge is 0.478 e. The normalized spacial score (nSPS) is 15.7. The minimum absolute atomic E-state index is 0.0836. The van der Waals surface area contributed by atoms with E-state index in [2.05, 4.69) is 10.3 Å². The summed E-state index contributed by atoms with van der Waals surface area (Å²) >= 11 is 0. The zero-order chi connectivity index (χ0) is 21.1. The van der Waals surface area contributed by atoms with E-state index < -0.39 is 5.97 Å². The molecule has 1 amide bonds. The van der Waals surface area contributed by atoms with E-state index in [0.29, 0.717) is 23.5 Å². The molecule has 1 saturated heterocycles. The first-order valence-corrected chi connectivity index (χ1v) is 10.3. The third-order valence-electron chi connectivity index (χ3n) is 5.48. The van der Waals surface area contributed by atoms with Gasteiger partial charge in [-0.15, -0.1) is 0 Å². The summed E-state index contributed by atoms with van der Waals surface area (Å²) in [7, 11) is 0. The van der Waals surface area contributed by atoms with Crippen molar-refractivity contribution in [1.29, 1.82) is 0 Å². The fraction of sp³-hybridized carbons (Fsp3) is 0.292. The number of likely N-dealkylation sites (tertiary alicyclic amines) is 1.